The predicted octanol–water partition coefficient (Wildman–Crippen LogP) is 4.79. The van der Waals surface area contributed by atoms with Crippen molar-refractivity contribution in [2.45, 2.75) is 32.6 Å². The minimum absolute atomic E-state index is 0.241. The van der Waals surface area contributed by atoms with Crippen molar-refractivity contribution in [2.24, 2.45) is 0 Å². The summed E-state index contributed by atoms with van der Waals surface area (Å²) >= 11 is 0. The predicted molar refractivity (Wildman–Crippen MR) is 147 cm³/mol. The highest BCUT2D eigenvalue weighted by Crippen LogP contribution is 2.30. The van der Waals surface area contributed by atoms with Crippen molar-refractivity contribution in [1.29, 1.82) is 0 Å². The summed E-state index contributed by atoms with van der Waals surface area (Å²) in [6.07, 6.45) is 5.13. The normalized spacial score (nSPS) is 12.3. The van der Waals surface area contributed by atoms with Crippen LogP contribution in [0.5, 0.6) is 0 Å². The molecule has 0 fully saturated rings. The van der Waals surface area contributed by atoms with Gasteiger partial charge < -0.3 is 9.40 Å². The van der Waals surface area contributed by atoms with Crippen molar-refractivity contribution < 1.29 is 8.81 Å². The molecule has 0 saturated carbocycles. The van der Waals surface area contributed by atoms with E-state index in [1.807, 2.05) is 55.5 Å². The van der Waals surface area contributed by atoms with E-state index >= 15 is 0 Å². The molecule has 0 radical (unpaired) electrons. The molecule has 2 aromatic carbocycles. The van der Waals surface area contributed by atoms with Gasteiger partial charge in [0.25, 0.3) is 5.56 Å². The molecule has 1 atom stereocenters. The Labute approximate surface area is 228 Å². The van der Waals surface area contributed by atoms with E-state index in [2.05, 4.69) is 30.4 Å². The van der Waals surface area contributed by atoms with E-state index in [4.69, 9.17) is 4.42 Å². The molecule has 4 aromatic heterocycles. The first-order valence-electron chi connectivity index (χ1n) is 12.8. The van der Waals surface area contributed by atoms with E-state index in [1.54, 1.807) is 35.5 Å². The number of tetrazole rings is 1. The zero-order chi connectivity index (χ0) is 27.5. The van der Waals surface area contributed by atoms with Crippen molar-refractivity contribution in [2.75, 3.05) is 0 Å². The largest absolute Gasteiger partial charge is 0.468 e. The van der Waals surface area contributed by atoms with Gasteiger partial charge in [0.15, 0.2) is 5.82 Å². The second-order valence-corrected chi connectivity index (χ2v) is 9.71. The molecular formula is C30H26FN7O2. The Morgan fingerprint density at radius 1 is 1.02 bits per heavy atom. The molecule has 0 unspecified atom stereocenters. The smallest absolute Gasteiger partial charge is 0.253 e. The monoisotopic (exact) mass is 535 g/mol. The summed E-state index contributed by atoms with van der Waals surface area (Å²) in [7, 11) is 0. The van der Waals surface area contributed by atoms with Crippen LogP contribution in [-0.4, -0.2) is 35.1 Å². The molecule has 40 heavy (non-hydrogen) atoms. The van der Waals surface area contributed by atoms with Gasteiger partial charge in [-0.2, -0.15) is 0 Å². The maximum atomic E-state index is 13.7. The summed E-state index contributed by atoms with van der Waals surface area (Å²) in [5.41, 5.74) is 3.82. The third kappa shape index (κ3) is 5.43. The molecule has 4 heterocycles. The average Bonchev–Trinajstić information content (AvgIpc) is 3.63. The van der Waals surface area contributed by atoms with Crippen molar-refractivity contribution >= 4 is 10.9 Å². The van der Waals surface area contributed by atoms with E-state index in [9.17, 15) is 9.18 Å². The van der Waals surface area contributed by atoms with Crippen LogP contribution < -0.4 is 5.56 Å². The number of H-pyrrole nitrogens is 1. The van der Waals surface area contributed by atoms with E-state index in [-0.39, 0.29) is 11.4 Å². The number of halogens is 1. The van der Waals surface area contributed by atoms with Crippen LogP contribution in [0, 0.1) is 12.7 Å². The standard InChI is InChI=1S/C30H26FN7O2/c1-20-6-9-23-15-26(30(39)33-27(23)14-20)28(29-34-35-36-38(29)18-21-7-10-24(31)11-8-21)37(19-25-5-3-13-40-25)17-22-4-2-12-32-16-22/h2-16,28H,17-19H2,1H3,(H,33,39)/t28-/m1/s1. The molecule has 0 spiro atoms. The zero-order valence-electron chi connectivity index (χ0n) is 21.7. The van der Waals surface area contributed by atoms with E-state index in [0.29, 0.717) is 31.0 Å². The fourth-order valence-corrected chi connectivity index (χ4v) is 4.88. The maximum Gasteiger partial charge on any atom is 0.253 e. The molecule has 0 aliphatic carbocycles. The van der Waals surface area contributed by atoms with Crippen molar-refractivity contribution in [3.63, 3.8) is 0 Å². The first-order valence-corrected chi connectivity index (χ1v) is 12.8. The molecule has 6 aromatic rings. The summed E-state index contributed by atoms with van der Waals surface area (Å²) < 4.78 is 20.9. The second kappa shape index (κ2) is 11.0. The SMILES string of the molecule is Cc1ccc2cc([C@H](c3nnnn3Cc3ccc(F)cc3)N(Cc3cccnc3)Cc3ccco3)c(=O)[nH]c2c1. The third-order valence-electron chi connectivity index (χ3n) is 6.79. The van der Waals surface area contributed by atoms with Crippen molar-refractivity contribution in [1.82, 2.24) is 35.1 Å². The zero-order valence-corrected chi connectivity index (χ0v) is 21.7. The number of nitrogens with zero attached hydrogens (tertiary/aromatic N) is 6. The van der Waals surface area contributed by atoms with Crippen LogP contribution in [0.2, 0.25) is 0 Å². The third-order valence-corrected chi connectivity index (χ3v) is 6.79. The van der Waals surface area contributed by atoms with E-state index < -0.39 is 6.04 Å². The van der Waals surface area contributed by atoms with Gasteiger partial charge in [-0.3, -0.25) is 14.7 Å². The van der Waals surface area contributed by atoms with E-state index in [0.717, 1.165) is 33.4 Å². The van der Waals surface area contributed by atoms with Gasteiger partial charge in [-0.05, 0) is 81.9 Å². The molecule has 6 rings (SSSR count). The Morgan fingerprint density at radius 2 is 1.90 bits per heavy atom. The minimum Gasteiger partial charge on any atom is -0.468 e. The number of benzene rings is 2. The van der Waals surface area contributed by atoms with Crippen LogP contribution in [0.25, 0.3) is 10.9 Å². The summed E-state index contributed by atoms with van der Waals surface area (Å²) in [5, 5.41) is 13.6. The highest BCUT2D eigenvalue weighted by Gasteiger charge is 2.31. The van der Waals surface area contributed by atoms with Gasteiger partial charge in [-0.1, -0.05) is 30.3 Å². The van der Waals surface area contributed by atoms with Gasteiger partial charge in [0.2, 0.25) is 0 Å². The molecule has 9 nitrogen and oxygen atoms in total. The highest BCUT2D eigenvalue weighted by atomic mass is 19.1. The first-order chi connectivity index (χ1) is 19.5. The topological polar surface area (TPSA) is 106 Å². The minimum atomic E-state index is -0.657. The molecular weight excluding hydrogens is 509 g/mol. The fourth-order valence-electron chi connectivity index (χ4n) is 4.88. The van der Waals surface area contributed by atoms with Crippen LogP contribution in [0.3, 0.4) is 0 Å². The lowest BCUT2D eigenvalue weighted by Gasteiger charge is -2.30. The number of rotatable bonds is 9. The highest BCUT2D eigenvalue weighted by molar-refractivity contribution is 5.79. The Balaban J connectivity index is 1.51. The number of fused-ring (bicyclic) bond motifs is 1. The summed E-state index contributed by atoms with van der Waals surface area (Å²) in [4.78, 5) is 23.1. The molecule has 0 aliphatic rings. The van der Waals surface area contributed by atoms with Gasteiger partial charge in [0.1, 0.15) is 17.6 Å². The van der Waals surface area contributed by atoms with Gasteiger partial charge in [0.05, 0.1) is 19.4 Å². The van der Waals surface area contributed by atoms with Gasteiger partial charge in [-0.25, -0.2) is 9.07 Å². The van der Waals surface area contributed by atoms with Gasteiger partial charge in [-0.15, -0.1) is 5.10 Å². The van der Waals surface area contributed by atoms with Gasteiger partial charge in [0, 0.05) is 30.0 Å². The molecule has 0 amide bonds. The number of nitrogens with one attached hydrogen (secondary N) is 1. The van der Waals surface area contributed by atoms with E-state index in [1.165, 1.54) is 12.1 Å². The number of aromatic amines is 1. The summed E-state index contributed by atoms with van der Waals surface area (Å²) in [5.74, 6) is 0.869. The lowest BCUT2D eigenvalue weighted by atomic mass is 10.0. The Hall–Kier alpha value is -4.96. The molecule has 0 bridgehead atoms. The van der Waals surface area contributed by atoms with Crippen LogP contribution in [0.4, 0.5) is 4.39 Å². The van der Waals surface area contributed by atoms with Crippen molar-refractivity contribution in [3.05, 3.63) is 141 Å². The quantitative estimate of drug-likeness (QED) is 0.284. The molecule has 0 saturated heterocycles. The Kier molecular flexibility index (Phi) is 6.98. The average molecular weight is 536 g/mol. The van der Waals surface area contributed by atoms with Crippen LogP contribution in [-0.2, 0) is 19.6 Å². The lowest BCUT2D eigenvalue weighted by molar-refractivity contribution is 0.179. The number of furan rings is 1. The number of aryl methyl sites for hydroxylation is 1. The van der Waals surface area contributed by atoms with Gasteiger partial charge >= 0.3 is 0 Å². The number of hydrogen-bond donors (Lipinski definition) is 1. The maximum absolute atomic E-state index is 13.7. The second-order valence-electron chi connectivity index (χ2n) is 9.71. The van der Waals surface area contributed by atoms with Crippen LogP contribution in [0.1, 0.15) is 39.9 Å². The van der Waals surface area contributed by atoms with Crippen LogP contribution >= 0.6 is 0 Å². The number of pyridine rings is 2. The molecule has 1 N–H and O–H groups in total. The lowest BCUT2D eigenvalue weighted by Crippen LogP contribution is -2.35. The number of aromatic nitrogens is 6. The van der Waals surface area contributed by atoms with Crippen molar-refractivity contribution in [3.8, 4) is 0 Å². The Bertz CT molecular complexity index is 1780. The number of hydrogen-bond acceptors (Lipinski definition) is 7. The fraction of sp³-hybridized carbons (Fsp3) is 0.167. The molecule has 200 valence electrons. The Morgan fingerprint density at radius 3 is 2.67 bits per heavy atom. The molecule has 0 aliphatic heterocycles. The van der Waals surface area contributed by atoms with Crippen LogP contribution in [0.15, 0.2) is 101 Å². The summed E-state index contributed by atoms with van der Waals surface area (Å²) in [6, 6.07) is 20.9. The molecule has 10 heteroatoms. The summed E-state index contributed by atoms with van der Waals surface area (Å²) in [6.45, 7) is 3.09. The first kappa shape index (κ1) is 25.3.